The molecule has 0 aromatic carbocycles. The molecule has 0 aliphatic carbocycles. The van der Waals surface area contributed by atoms with E-state index in [1.165, 1.54) is 12.6 Å². The SMILES string of the molecule is CC[P]=[Rh]. The van der Waals surface area contributed by atoms with Crippen molar-refractivity contribution in [2.45, 2.75) is 6.92 Å². The van der Waals surface area contributed by atoms with Crippen LogP contribution in [-0.4, -0.2) is 6.16 Å². The zero-order chi connectivity index (χ0) is 3.41. The van der Waals surface area contributed by atoms with Crippen LogP contribution in [0.5, 0.6) is 0 Å². The van der Waals surface area contributed by atoms with E-state index in [9.17, 15) is 0 Å². The van der Waals surface area contributed by atoms with Gasteiger partial charge in [-0.05, 0) is 0 Å². The van der Waals surface area contributed by atoms with E-state index in [2.05, 4.69) is 24.3 Å². The second-order valence-corrected chi connectivity index (χ2v) is 2.82. The molecule has 0 saturated carbocycles. The van der Waals surface area contributed by atoms with Gasteiger partial charge in [-0.15, -0.1) is 0 Å². The minimum absolute atomic E-state index is 1.24. The van der Waals surface area contributed by atoms with Crippen LogP contribution in [0.4, 0.5) is 0 Å². The Bertz CT molecular complexity index is 20.0. The third kappa shape index (κ3) is 2.92. The van der Waals surface area contributed by atoms with Gasteiger partial charge in [-0.1, -0.05) is 0 Å². The van der Waals surface area contributed by atoms with Crippen LogP contribution in [0.3, 0.4) is 0 Å². The molecule has 0 nitrogen and oxygen atoms in total. The van der Waals surface area contributed by atoms with Crippen LogP contribution in [0.15, 0.2) is 0 Å². The van der Waals surface area contributed by atoms with Gasteiger partial charge in [0.25, 0.3) is 0 Å². The van der Waals surface area contributed by atoms with Gasteiger partial charge in [-0.2, -0.15) is 0 Å². The van der Waals surface area contributed by atoms with E-state index in [1.807, 2.05) is 0 Å². The molecule has 0 atom stereocenters. The van der Waals surface area contributed by atoms with Crippen LogP contribution < -0.4 is 0 Å². The summed E-state index contributed by atoms with van der Waals surface area (Å²) in [7, 11) is 0. The maximum absolute atomic E-state index is 2.78. The molecule has 0 aromatic heterocycles. The number of hydrogen-bond acceptors (Lipinski definition) is 0. The fourth-order valence-electron chi connectivity index (χ4n) is 0. The molecule has 0 amide bonds. The summed E-state index contributed by atoms with van der Waals surface area (Å²) >= 11 is 2.78. The van der Waals surface area contributed by atoms with Crippen LogP contribution in [-0.2, 0) is 17.3 Å². The monoisotopic (exact) mass is 163 g/mol. The number of rotatable bonds is 1. The van der Waals surface area contributed by atoms with E-state index in [4.69, 9.17) is 0 Å². The first-order valence-electron chi connectivity index (χ1n) is 1.17. The van der Waals surface area contributed by atoms with Crippen LogP contribution >= 0.6 is 6.46 Å². The molecule has 0 saturated heterocycles. The van der Waals surface area contributed by atoms with Crippen molar-refractivity contribution in [3.8, 4) is 0 Å². The topological polar surface area (TPSA) is 0 Å². The van der Waals surface area contributed by atoms with Crippen molar-refractivity contribution in [1.82, 2.24) is 0 Å². The molecule has 0 unspecified atom stereocenters. The molecule has 2 heteroatoms. The Morgan fingerprint density at radius 3 is 2.25 bits per heavy atom. The zero-order valence-electron chi connectivity index (χ0n) is 2.49. The van der Waals surface area contributed by atoms with E-state index >= 15 is 0 Å². The Hall–Kier alpha value is 0.923. The molecule has 0 aliphatic heterocycles. The molecule has 0 aliphatic rings. The molecular formula is C2H5PRh. The molecule has 4 heavy (non-hydrogen) atoms. The van der Waals surface area contributed by atoms with E-state index in [0.29, 0.717) is 0 Å². The zero-order valence-corrected chi connectivity index (χ0v) is 5.02. The molecule has 0 fully saturated rings. The molecular weight excluding hydrogens is 158 g/mol. The molecule has 0 rings (SSSR count). The Morgan fingerprint density at radius 2 is 2.25 bits per heavy atom. The van der Waals surface area contributed by atoms with Gasteiger partial charge >= 0.3 is 36.9 Å². The number of hydrogen-bond donors (Lipinski definition) is 0. The van der Waals surface area contributed by atoms with Gasteiger partial charge in [0.2, 0.25) is 0 Å². The standard InChI is InChI=1S/C2H5P.Rh/c1-2-3;/h2H2,1H3;. The summed E-state index contributed by atoms with van der Waals surface area (Å²) in [5.74, 6) is 0. The summed E-state index contributed by atoms with van der Waals surface area (Å²) in [4.78, 5) is 0. The molecule has 0 bridgehead atoms. The third-order valence-electron chi connectivity index (χ3n) is 0.105. The minimum atomic E-state index is 1.24. The van der Waals surface area contributed by atoms with Crippen molar-refractivity contribution in [3.05, 3.63) is 0 Å². The van der Waals surface area contributed by atoms with E-state index in [1.54, 1.807) is 0 Å². The van der Waals surface area contributed by atoms with Gasteiger partial charge in [0.1, 0.15) is 0 Å². The van der Waals surface area contributed by atoms with Crippen molar-refractivity contribution in [1.29, 1.82) is 0 Å². The van der Waals surface area contributed by atoms with Crippen LogP contribution in [0.2, 0.25) is 0 Å². The Kier molecular flexibility index (Phi) is 4.83. The van der Waals surface area contributed by atoms with Crippen molar-refractivity contribution in [3.63, 3.8) is 0 Å². The van der Waals surface area contributed by atoms with E-state index < -0.39 is 0 Å². The fourth-order valence-corrected chi connectivity index (χ4v) is 0. The average molecular weight is 163 g/mol. The molecule has 0 aromatic rings. The average Bonchev–Trinajstić information content (AvgIpc) is 1.37. The summed E-state index contributed by atoms with van der Waals surface area (Å²) in [5.41, 5.74) is 0. The van der Waals surface area contributed by atoms with Crippen LogP contribution in [0, 0.1) is 0 Å². The van der Waals surface area contributed by atoms with Gasteiger partial charge in [-0.3, -0.25) is 0 Å². The van der Waals surface area contributed by atoms with Gasteiger partial charge < -0.3 is 0 Å². The summed E-state index contributed by atoms with van der Waals surface area (Å²) in [6, 6.07) is 0. The van der Waals surface area contributed by atoms with E-state index in [0.717, 1.165) is 0 Å². The molecule has 0 radical (unpaired) electrons. The van der Waals surface area contributed by atoms with Crippen molar-refractivity contribution >= 4 is 6.46 Å². The Morgan fingerprint density at radius 1 is 2.00 bits per heavy atom. The summed E-state index contributed by atoms with van der Waals surface area (Å²) in [5, 5.41) is 0. The third-order valence-corrected chi connectivity index (χ3v) is 1.87. The second-order valence-electron chi connectivity index (χ2n) is 0.422. The first-order valence-corrected chi connectivity index (χ1v) is 4.30. The summed E-state index contributed by atoms with van der Waals surface area (Å²) < 4.78 is 0. The first-order chi connectivity index (χ1) is 1.91. The predicted molar refractivity (Wildman–Crippen MR) is 17.5 cm³/mol. The Balaban J connectivity index is 2.30. The second kappa shape index (κ2) is 3.92. The molecule has 0 N–H and O–H groups in total. The van der Waals surface area contributed by atoms with Crippen LogP contribution in [0.25, 0.3) is 0 Å². The van der Waals surface area contributed by atoms with Crippen molar-refractivity contribution in [2.24, 2.45) is 0 Å². The predicted octanol–water partition coefficient (Wildman–Crippen LogP) is 1.41. The quantitative estimate of drug-likeness (QED) is 0.405. The maximum atomic E-state index is 2.78. The van der Waals surface area contributed by atoms with Gasteiger partial charge in [0.15, 0.2) is 0 Å². The molecule has 0 heterocycles. The molecule has 27 valence electrons. The van der Waals surface area contributed by atoms with Crippen molar-refractivity contribution in [2.75, 3.05) is 6.16 Å². The van der Waals surface area contributed by atoms with Gasteiger partial charge in [0, 0.05) is 0 Å². The van der Waals surface area contributed by atoms with Gasteiger partial charge in [0.05, 0.1) is 0 Å². The van der Waals surface area contributed by atoms with E-state index in [-0.39, 0.29) is 0 Å². The van der Waals surface area contributed by atoms with Crippen LogP contribution in [0.1, 0.15) is 6.92 Å². The Labute approximate surface area is 37.4 Å². The fraction of sp³-hybridized carbons (Fsp3) is 1.00. The summed E-state index contributed by atoms with van der Waals surface area (Å²) in [6.45, 7) is 3.53. The normalized spacial score (nSPS) is 8.50. The summed E-state index contributed by atoms with van der Waals surface area (Å²) in [6.07, 6.45) is 1.24. The molecule has 0 spiro atoms. The van der Waals surface area contributed by atoms with Crippen molar-refractivity contribution < 1.29 is 17.3 Å². The first kappa shape index (κ1) is 4.92. The van der Waals surface area contributed by atoms with Gasteiger partial charge in [-0.25, -0.2) is 0 Å².